The summed E-state index contributed by atoms with van der Waals surface area (Å²) < 4.78 is 38.0. The standard InChI is InChI=1S/C55H103NO12/c1-6-10-13-16-18-19-23-31-43-63-51(57)37-29-25-30-39-53(59)67-47-49(48-68-55(61)65-45-34-41-56(9-4)40-33-42-62-5)46-66-52(58)38-28-22-20-24-32-44-64-54(60)50(35-26-15-12-8-3)36-27-21-17-14-11-7-2/h49-50H,6-48H2,1-5H3. The van der Waals surface area contributed by atoms with Gasteiger partial charge in [0.15, 0.2) is 0 Å². The maximum Gasteiger partial charge on any atom is 0.508 e. The molecule has 0 aliphatic heterocycles. The van der Waals surface area contributed by atoms with E-state index in [0.29, 0.717) is 58.3 Å². The summed E-state index contributed by atoms with van der Waals surface area (Å²) in [7, 11) is 1.69. The fourth-order valence-electron chi connectivity index (χ4n) is 8.01. The van der Waals surface area contributed by atoms with Crippen molar-refractivity contribution in [2.24, 2.45) is 11.8 Å². The van der Waals surface area contributed by atoms with Gasteiger partial charge in [-0.05, 0) is 64.3 Å². The van der Waals surface area contributed by atoms with Crippen molar-refractivity contribution in [3.8, 4) is 0 Å². The normalized spacial score (nSPS) is 12.1. The van der Waals surface area contributed by atoms with Crippen LogP contribution in [0.15, 0.2) is 0 Å². The van der Waals surface area contributed by atoms with Crippen LogP contribution < -0.4 is 0 Å². The van der Waals surface area contributed by atoms with Gasteiger partial charge in [0.05, 0.1) is 31.7 Å². The van der Waals surface area contributed by atoms with E-state index in [9.17, 15) is 24.0 Å². The lowest BCUT2D eigenvalue weighted by molar-refractivity contribution is -0.151. The molecule has 0 radical (unpaired) electrons. The van der Waals surface area contributed by atoms with Crippen molar-refractivity contribution in [3.63, 3.8) is 0 Å². The Morgan fingerprint density at radius 3 is 1.26 bits per heavy atom. The van der Waals surface area contributed by atoms with Crippen LogP contribution in [0.4, 0.5) is 4.79 Å². The summed E-state index contributed by atoms with van der Waals surface area (Å²) in [6.45, 7) is 12.8. The molecule has 68 heavy (non-hydrogen) atoms. The molecular formula is C55H103NO12. The van der Waals surface area contributed by atoms with Crippen LogP contribution in [-0.2, 0) is 52.3 Å². The van der Waals surface area contributed by atoms with Crippen molar-refractivity contribution in [2.45, 2.75) is 240 Å². The Morgan fingerprint density at radius 1 is 0.382 bits per heavy atom. The molecule has 0 N–H and O–H groups in total. The first-order valence-electron chi connectivity index (χ1n) is 27.8. The number of carbonyl (C=O) groups excluding carboxylic acids is 5. The highest BCUT2D eigenvalue weighted by atomic mass is 16.7. The highest BCUT2D eigenvalue weighted by Gasteiger charge is 2.20. The van der Waals surface area contributed by atoms with Gasteiger partial charge in [0.25, 0.3) is 0 Å². The molecule has 0 aliphatic carbocycles. The van der Waals surface area contributed by atoms with Gasteiger partial charge in [-0.2, -0.15) is 0 Å². The molecule has 0 rings (SSSR count). The molecule has 0 bridgehead atoms. The number of hydrogen-bond donors (Lipinski definition) is 0. The first-order chi connectivity index (χ1) is 33.2. The van der Waals surface area contributed by atoms with E-state index in [2.05, 4.69) is 32.6 Å². The van der Waals surface area contributed by atoms with Gasteiger partial charge in [0.1, 0.15) is 19.8 Å². The molecule has 0 amide bonds. The minimum Gasteiger partial charge on any atom is -0.466 e. The van der Waals surface area contributed by atoms with Crippen LogP contribution in [0.5, 0.6) is 0 Å². The molecule has 0 heterocycles. The van der Waals surface area contributed by atoms with Gasteiger partial charge in [0, 0.05) is 46.1 Å². The van der Waals surface area contributed by atoms with Gasteiger partial charge in [0.2, 0.25) is 0 Å². The Bertz CT molecular complexity index is 1190. The highest BCUT2D eigenvalue weighted by molar-refractivity contribution is 5.72. The summed E-state index contributed by atoms with van der Waals surface area (Å²) in [6.07, 6.45) is 30.9. The predicted molar refractivity (Wildman–Crippen MR) is 271 cm³/mol. The van der Waals surface area contributed by atoms with E-state index < -0.39 is 18.0 Å². The number of carbonyl (C=O) groups is 5. The van der Waals surface area contributed by atoms with Crippen LogP contribution in [0.2, 0.25) is 0 Å². The molecule has 0 aliphatic rings. The summed E-state index contributed by atoms with van der Waals surface area (Å²) in [5.41, 5.74) is 0. The van der Waals surface area contributed by atoms with Crippen molar-refractivity contribution < 1.29 is 57.1 Å². The van der Waals surface area contributed by atoms with E-state index in [0.717, 1.165) is 90.3 Å². The zero-order valence-corrected chi connectivity index (χ0v) is 44.4. The largest absolute Gasteiger partial charge is 0.508 e. The van der Waals surface area contributed by atoms with Gasteiger partial charge >= 0.3 is 30.0 Å². The average Bonchev–Trinajstić information content (AvgIpc) is 3.33. The van der Waals surface area contributed by atoms with Crippen LogP contribution in [0, 0.1) is 11.8 Å². The zero-order chi connectivity index (χ0) is 50.0. The first-order valence-corrected chi connectivity index (χ1v) is 27.8. The van der Waals surface area contributed by atoms with Gasteiger partial charge in [-0.1, -0.05) is 163 Å². The Kier molecular flexibility index (Phi) is 48.3. The Hall–Kier alpha value is -2.93. The number of methoxy groups -OCH3 is 1. The fourth-order valence-corrected chi connectivity index (χ4v) is 8.01. The molecule has 0 fully saturated rings. The third-order valence-corrected chi connectivity index (χ3v) is 12.4. The quantitative estimate of drug-likeness (QED) is 0.0323. The van der Waals surface area contributed by atoms with Gasteiger partial charge in [-0.15, -0.1) is 0 Å². The van der Waals surface area contributed by atoms with E-state index in [-0.39, 0.29) is 63.1 Å². The molecule has 0 aromatic heterocycles. The number of ether oxygens (including phenoxy) is 7. The number of unbranched alkanes of at least 4 members (excludes halogenated alkanes) is 21. The number of rotatable bonds is 51. The summed E-state index contributed by atoms with van der Waals surface area (Å²) in [5, 5.41) is 0. The third-order valence-electron chi connectivity index (χ3n) is 12.4. The number of nitrogens with zero attached hydrogens (tertiary/aromatic N) is 1. The molecular weight excluding hydrogens is 867 g/mol. The summed E-state index contributed by atoms with van der Waals surface area (Å²) >= 11 is 0. The van der Waals surface area contributed by atoms with E-state index in [1.807, 2.05) is 0 Å². The molecule has 13 nitrogen and oxygen atoms in total. The minimum atomic E-state index is -0.823. The molecule has 2 unspecified atom stereocenters. The Morgan fingerprint density at radius 2 is 0.765 bits per heavy atom. The van der Waals surface area contributed by atoms with Crippen LogP contribution in [-0.4, -0.2) is 108 Å². The lowest BCUT2D eigenvalue weighted by Gasteiger charge is -2.20. The topological polar surface area (TPSA) is 153 Å². The van der Waals surface area contributed by atoms with Crippen LogP contribution in [0.1, 0.15) is 240 Å². The van der Waals surface area contributed by atoms with E-state index in [1.165, 1.54) is 89.9 Å². The smallest absolute Gasteiger partial charge is 0.466 e. The zero-order valence-electron chi connectivity index (χ0n) is 44.4. The Balaban J connectivity index is 4.67. The summed E-state index contributed by atoms with van der Waals surface area (Å²) in [5.74, 6) is -1.56. The molecule has 0 saturated heterocycles. The van der Waals surface area contributed by atoms with Crippen LogP contribution >= 0.6 is 0 Å². The molecule has 400 valence electrons. The molecule has 0 saturated carbocycles. The Labute approximate surface area is 415 Å². The van der Waals surface area contributed by atoms with Crippen molar-refractivity contribution in [1.29, 1.82) is 0 Å². The molecule has 0 aromatic rings. The highest BCUT2D eigenvalue weighted by Crippen LogP contribution is 2.21. The molecule has 2 atom stereocenters. The maximum atomic E-state index is 13.0. The second kappa shape index (κ2) is 50.5. The minimum absolute atomic E-state index is 0.00818. The molecule has 0 aromatic carbocycles. The monoisotopic (exact) mass is 970 g/mol. The maximum absolute atomic E-state index is 13.0. The summed E-state index contributed by atoms with van der Waals surface area (Å²) in [4.78, 5) is 65.2. The van der Waals surface area contributed by atoms with E-state index >= 15 is 0 Å². The van der Waals surface area contributed by atoms with Crippen molar-refractivity contribution in [1.82, 2.24) is 4.90 Å². The van der Waals surface area contributed by atoms with Crippen LogP contribution in [0.3, 0.4) is 0 Å². The average molecular weight is 970 g/mol. The third kappa shape index (κ3) is 44.3. The van der Waals surface area contributed by atoms with Crippen molar-refractivity contribution in [3.05, 3.63) is 0 Å². The van der Waals surface area contributed by atoms with Gasteiger partial charge in [-0.25, -0.2) is 4.79 Å². The van der Waals surface area contributed by atoms with Gasteiger partial charge in [-0.3, -0.25) is 19.2 Å². The lowest BCUT2D eigenvalue weighted by Crippen LogP contribution is -2.28. The second-order valence-corrected chi connectivity index (χ2v) is 18.8. The van der Waals surface area contributed by atoms with E-state index in [1.54, 1.807) is 7.11 Å². The van der Waals surface area contributed by atoms with Crippen molar-refractivity contribution in [2.75, 3.05) is 73.0 Å². The second-order valence-electron chi connectivity index (χ2n) is 18.8. The first kappa shape index (κ1) is 65.1. The van der Waals surface area contributed by atoms with Gasteiger partial charge < -0.3 is 38.1 Å². The number of hydrogen-bond acceptors (Lipinski definition) is 13. The molecule has 0 spiro atoms. The SMILES string of the molecule is CCCCCCCCCCOC(=O)CCCCCC(=O)OCC(COC(=O)CCCCCCCOC(=O)C(CCCCCC)CCCCCCCC)COC(=O)OCCCN(CC)CCCOC. The van der Waals surface area contributed by atoms with E-state index in [4.69, 9.17) is 33.2 Å². The number of esters is 4. The predicted octanol–water partition coefficient (Wildman–Crippen LogP) is 13.4. The van der Waals surface area contributed by atoms with Crippen molar-refractivity contribution >= 4 is 30.0 Å². The fraction of sp³-hybridized carbons (Fsp3) is 0.909. The summed E-state index contributed by atoms with van der Waals surface area (Å²) in [6, 6.07) is 0. The lowest BCUT2D eigenvalue weighted by atomic mass is 9.94. The molecule has 13 heteroatoms. The van der Waals surface area contributed by atoms with Crippen LogP contribution in [0.25, 0.3) is 0 Å².